The van der Waals surface area contributed by atoms with Crippen LogP contribution in [0, 0.1) is 23.7 Å². The van der Waals surface area contributed by atoms with Crippen molar-refractivity contribution in [1.29, 1.82) is 0 Å². The van der Waals surface area contributed by atoms with E-state index in [1.165, 1.54) is 0 Å². The van der Waals surface area contributed by atoms with Crippen LogP contribution < -0.4 is 10.6 Å². The summed E-state index contributed by atoms with van der Waals surface area (Å²) in [5.41, 5.74) is 8.15. The van der Waals surface area contributed by atoms with Crippen molar-refractivity contribution in [3.8, 4) is 5.75 Å². The van der Waals surface area contributed by atoms with Crippen LogP contribution in [-0.4, -0.2) is 89.4 Å². The summed E-state index contributed by atoms with van der Waals surface area (Å²) in [6.45, 7) is 4.73. The summed E-state index contributed by atoms with van der Waals surface area (Å²) in [6.07, 6.45) is 1.84. The van der Waals surface area contributed by atoms with Gasteiger partial charge in [0.15, 0.2) is 11.6 Å². The first-order valence-electron chi connectivity index (χ1n) is 13.7. The predicted molar refractivity (Wildman–Crippen MR) is 144 cm³/mol. The van der Waals surface area contributed by atoms with Gasteiger partial charge in [0.2, 0.25) is 0 Å². The van der Waals surface area contributed by atoms with E-state index < -0.39 is 52.6 Å². The third-order valence-corrected chi connectivity index (χ3v) is 9.81. The highest BCUT2D eigenvalue weighted by atomic mass is 16.3. The number of likely N-dealkylation sites (N-methyl/N-ethyl adjacent to an activating group) is 1. The molecule has 39 heavy (non-hydrogen) atoms. The Labute approximate surface area is 227 Å². The first-order chi connectivity index (χ1) is 18.5. The van der Waals surface area contributed by atoms with Gasteiger partial charge in [0.1, 0.15) is 22.8 Å². The van der Waals surface area contributed by atoms with E-state index in [1.54, 1.807) is 25.1 Å². The molecular weight excluding hydrogens is 500 g/mol. The van der Waals surface area contributed by atoms with Gasteiger partial charge in [0, 0.05) is 30.4 Å². The van der Waals surface area contributed by atoms with Crippen LogP contribution in [0.5, 0.6) is 5.75 Å². The van der Waals surface area contributed by atoms with Gasteiger partial charge in [-0.2, -0.15) is 0 Å². The smallest absolute Gasteiger partial charge is 0.255 e. The fraction of sp³-hybridized carbons (Fsp3) is 0.552. The Bertz CT molecular complexity index is 1380. The van der Waals surface area contributed by atoms with Crippen LogP contribution in [0.15, 0.2) is 23.0 Å². The number of hydrogen-bond donors (Lipinski definition) is 4. The predicted octanol–water partition coefficient (Wildman–Crippen LogP) is 1.68. The average Bonchev–Trinajstić information content (AvgIpc) is 3.23. The standard InChI is InChI=1S/C29H36N4O6/c1-5-33-11-12-6-7-32(4)22(12)16-10-17(34)19-14(23(16)33)8-13-9-15-20(26(36)18(13)25(19)35)27(37)21(29(30)39)28(38)24(15)31(2)3/h10,12-13,15,20,22,24,34-35,38H,5-9,11H2,1-4H3,(H2,30,39)/t12?,13-,15+,20-,22?,24-/m1/s1. The number of phenolic OH excluding ortho intramolecular Hbond substituents is 1. The number of rotatable bonds is 3. The van der Waals surface area contributed by atoms with Crippen molar-refractivity contribution in [1.82, 2.24) is 9.80 Å². The molecule has 1 aromatic carbocycles. The van der Waals surface area contributed by atoms with Gasteiger partial charge in [-0.3, -0.25) is 24.2 Å². The molecule has 2 aliphatic heterocycles. The van der Waals surface area contributed by atoms with Crippen molar-refractivity contribution in [2.75, 3.05) is 45.7 Å². The summed E-state index contributed by atoms with van der Waals surface area (Å²) >= 11 is 0. The van der Waals surface area contributed by atoms with Crippen LogP contribution in [0.2, 0.25) is 0 Å². The Hall–Kier alpha value is -3.37. The highest BCUT2D eigenvalue weighted by molar-refractivity contribution is 6.28. The molecule has 2 heterocycles. The molecule has 1 amide bonds. The number of carbonyl (C=O) groups is 3. The maximum atomic E-state index is 14.0. The van der Waals surface area contributed by atoms with Crippen molar-refractivity contribution in [3.63, 3.8) is 0 Å². The number of aliphatic hydroxyl groups excluding tert-OH is 2. The number of nitrogens with zero attached hydrogens (tertiary/aromatic N) is 3. The molecule has 5 N–H and O–H groups in total. The number of hydrogen-bond acceptors (Lipinski definition) is 9. The van der Waals surface area contributed by atoms with Crippen molar-refractivity contribution in [2.45, 2.75) is 38.3 Å². The zero-order chi connectivity index (χ0) is 28.1. The van der Waals surface area contributed by atoms with Crippen molar-refractivity contribution >= 4 is 28.9 Å². The molecule has 10 heteroatoms. The number of benzene rings is 1. The Morgan fingerprint density at radius 1 is 1.18 bits per heavy atom. The van der Waals surface area contributed by atoms with Gasteiger partial charge in [-0.1, -0.05) is 0 Å². The SMILES string of the molecule is CCN1CC2CCN(C)C2c2cc(O)c3c(c21)C[C@@H]1C[C@H]2[C@@H](C(=O)C(C(N)=O)=C(O)[C@@H]2N(C)C)C(=O)C1=C3O. The zero-order valence-electron chi connectivity index (χ0n) is 22.8. The van der Waals surface area contributed by atoms with Gasteiger partial charge in [0.25, 0.3) is 5.91 Å². The normalized spacial score (nSPS) is 32.2. The maximum Gasteiger partial charge on any atom is 0.255 e. The minimum Gasteiger partial charge on any atom is -0.510 e. The van der Waals surface area contributed by atoms with Crippen LogP contribution in [0.3, 0.4) is 0 Å². The fourth-order valence-corrected chi connectivity index (χ4v) is 8.32. The number of ketones is 2. The average molecular weight is 537 g/mol. The van der Waals surface area contributed by atoms with E-state index in [-0.39, 0.29) is 28.7 Å². The van der Waals surface area contributed by atoms with E-state index in [1.807, 2.05) is 0 Å². The third-order valence-electron chi connectivity index (χ3n) is 9.81. The summed E-state index contributed by atoms with van der Waals surface area (Å²) < 4.78 is 0. The lowest BCUT2D eigenvalue weighted by Gasteiger charge is -2.47. The molecule has 5 aliphatic rings. The second-order valence-corrected chi connectivity index (χ2v) is 12.0. The largest absolute Gasteiger partial charge is 0.510 e. The molecule has 208 valence electrons. The topological polar surface area (TPSA) is 148 Å². The number of primary amides is 1. The van der Waals surface area contributed by atoms with Gasteiger partial charge in [-0.25, -0.2) is 0 Å². The summed E-state index contributed by atoms with van der Waals surface area (Å²) in [5.74, 6) is -5.02. The van der Waals surface area contributed by atoms with Crippen molar-refractivity contribution in [3.05, 3.63) is 39.7 Å². The zero-order valence-corrected chi connectivity index (χ0v) is 22.8. The number of Topliss-reactive ketones (excluding diaryl/α,β-unsaturated/α-hetero) is 2. The second kappa shape index (κ2) is 8.82. The Kier molecular flexibility index (Phi) is 5.86. The summed E-state index contributed by atoms with van der Waals surface area (Å²) in [5, 5.41) is 33.8. The molecule has 0 aromatic heterocycles. The van der Waals surface area contributed by atoms with E-state index in [0.717, 1.165) is 42.9 Å². The van der Waals surface area contributed by atoms with Crippen LogP contribution in [0.4, 0.5) is 5.69 Å². The lowest BCUT2D eigenvalue weighted by molar-refractivity contribution is -0.136. The summed E-state index contributed by atoms with van der Waals surface area (Å²) in [7, 11) is 5.54. The van der Waals surface area contributed by atoms with Gasteiger partial charge in [-0.05, 0) is 88.8 Å². The van der Waals surface area contributed by atoms with E-state index in [4.69, 9.17) is 5.73 Å². The van der Waals surface area contributed by atoms with Gasteiger partial charge >= 0.3 is 0 Å². The minimum atomic E-state index is -1.24. The number of aromatic hydroxyl groups is 1. The molecule has 10 nitrogen and oxygen atoms in total. The molecule has 1 aromatic rings. The van der Waals surface area contributed by atoms with Crippen LogP contribution in [0.25, 0.3) is 5.76 Å². The Morgan fingerprint density at radius 3 is 2.54 bits per heavy atom. The lowest BCUT2D eigenvalue weighted by Crippen LogP contribution is -2.55. The second-order valence-electron chi connectivity index (χ2n) is 12.0. The third kappa shape index (κ3) is 3.43. The number of anilines is 1. The number of nitrogens with two attached hydrogens (primary N) is 1. The summed E-state index contributed by atoms with van der Waals surface area (Å²) in [6, 6.07) is 1.16. The molecule has 1 saturated carbocycles. The molecule has 0 radical (unpaired) electrons. The molecular formula is C29H36N4O6. The molecule has 1 saturated heterocycles. The van der Waals surface area contributed by atoms with E-state index in [2.05, 4.69) is 23.8 Å². The van der Waals surface area contributed by atoms with E-state index in [0.29, 0.717) is 18.8 Å². The van der Waals surface area contributed by atoms with Gasteiger partial charge < -0.3 is 26.0 Å². The number of phenols is 1. The number of allylic oxidation sites excluding steroid dienone is 1. The molecule has 0 bridgehead atoms. The molecule has 6 atom stereocenters. The maximum absolute atomic E-state index is 14.0. The van der Waals surface area contributed by atoms with Crippen LogP contribution in [0.1, 0.15) is 42.5 Å². The molecule has 6 rings (SSSR count). The Morgan fingerprint density at radius 2 is 1.90 bits per heavy atom. The quantitative estimate of drug-likeness (QED) is 0.335. The molecule has 0 spiro atoms. The lowest BCUT2D eigenvalue weighted by atomic mass is 9.59. The number of carbonyl (C=O) groups excluding carboxylic acids is 3. The highest BCUT2D eigenvalue weighted by Gasteiger charge is 2.56. The number of likely N-dealkylation sites (tertiary alicyclic amines) is 1. The number of amides is 1. The number of fused-ring (bicyclic) bond motifs is 7. The monoisotopic (exact) mass is 536 g/mol. The first kappa shape index (κ1) is 25.9. The minimum absolute atomic E-state index is 0.0735. The Balaban J connectivity index is 1.52. The van der Waals surface area contributed by atoms with E-state index >= 15 is 0 Å². The van der Waals surface area contributed by atoms with E-state index in [9.17, 15) is 29.7 Å². The summed E-state index contributed by atoms with van der Waals surface area (Å²) in [4.78, 5) is 45.8. The van der Waals surface area contributed by atoms with Gasteiger partial charge in [-0.15, -0.1) is 0 Å². The number of aliphatic hydroxyl groups is 2. The van der Waals surface area contributed by atoms with Crippen molar-refractivity contribution < 1.29 is 29.7 Å². The van der Waals surface area contributed by atoms with Gasteiger partial charge in [0.05, 0.1) is 17.5 Å². The first-order valence-corrected chi connectivity index (χ1v) is 13.7. The fourth-order valence-electron chi connectivity index (χ4n) is 8.32. The molecule has 2 unspecified atom stereocenters. The highest BCUT2D eigenvalue weighted by Crippen LogP contribution is 2.55. The van der Waals surface area contributed by atoms with Crippen LogP contribution >= 0.6 is 0 Å². The molecule has 2 fully saturated rings. The van der Waals surface area contributed by atoms with Crippen LogP contribution in [-0.2, 0) is 20.8 Å². The molecule has 3 aliphatic carbocycles. The van der Waals surface area contributed by atoms with Crippen molar-refractivity contribution in [2.24, 2.45) is 29.4 Å².